The molecule has 0 saturated heterocycles. The first-order valence-corrected chi connectivity index (χ1v) is 11.1. The fourth-order valence-electron chi connectivity index (χ4n) is 2.85. The summed E-state index contributed by atoms with van der Waals surface area (Å²) in [5.74, 6) is -0.251. The number of para-hydroxylation sites is 1. The fourth-order valence-corrected chi connectivity index (χ4v) is 4.22. The molecular weight excluding hydrogens is 466 g/mol. The summed E-state index contributed by atoms with van der Waals surface area (Å²) in [5, 5.41) is 5.10. The minimum absolute atomic E-state index is 0.179. The third-order valence-corrected chi connectivity index (χ3v) is 6.09. The average Bonchev–Trinajstić information content (AvgIpc) is 3.13. The van der Waals surface area contributed by atoms with Crippen LogP contribution < -0.4 is 10.1 Å². The van der Waals surface area contributed by atoms with E-state index in [4.69, 9.17) is 9.47 Å². The number of halogens is 1. The van der Waals surface area contributed by atoms with E-state index in [1.54, 1.807) is 13.0 Å². The highest BCUT2D eigenvalue weighted by Crippen LogP contribution is 2.37. The lowest BCUT2D eigenvalue weighted by Crippen LogP contribution is -2.21. The van der Waals surface area contributed by atoms with Crippen LogP contribution in [0.3, 0.4) is 0 Å². The standard InChI is InChI=1S/C23H22BrNO4S/c1-4-28-23(27)21-17(16-10-9-14(2)15(3)11-16)13-30-22(21)25-20(26)12-29-19-8-6-5-7-18(19)24/h5-11,13H,4,12H2,1-3H3,(H,25,26). The SMILES string of the molecule is CCOC(=O)c1c(-c2ccc(C)c(C)c2)csc1NC(=O)COc1ccccc1Br. The van der Waals surface area contributed by atoms with Crippen LogP contribution in [-0.4, -0.2) is 25.1 Å². The van der Waals surface area contributed by atoms with Crippen molar-refractivity contribution >= 4 is 44.1 Å². The van der Waals surface area contributed by atoms with E-state index in [9.17, 15) is 9.59 Å². The van der Waals surface area contributed by atoms with Crippen molar-refractivity contribution in [2.75, 3.05) is 18.5 Å². The van der Waals surface area contributed by atoms with Gasteiger partial charge in [-0.15, -0.1) is 11.3 Å². The van der Waals surface area contributed by atoms with Gasteiger partial charge in [-0.25, -0.2) is 4.79 Å². The molecule has 156 valence electrons. The minimum atomic E-state index is -0.464. The lowest BCUT2D eigenvalue weighted by molar-refractivity contribution is -0.118. The molecule has 5 nitrogen and oxygen atoms in total. The van der Waals surface area contributed by atoms with Crippen molar-refractivity contribution in [3.8, 4) is 16.9 Å². The molecule has 1 amide bonds. The molecule has 0 atom stereocenters. The van der Waals surface area contributed by atoms with Gasteiger partial charge in [-0.05, 0) is 65.5 Å². The number of anilines is 1. The Morgan fingerprint density at radius 3 is 2.57 bits per heavy atom. The summed E-state index contributed by atoms with van der Waals surface area (Å²) in [5.41, 5.74) is 4.30. The molecule has 0 bridgehead atoms. The zero-order chi connectivity index (χ0) is 21.7. The molecule has 30 heavy (non-hydrogen) atoms. The number of carbonyl (C=O) groups is 2. The summed E-state index contributed by atoms with van der Waals surface area (Å²) < 4.78 is 11.6. The van der Waals surface area contributed by atoms with Crippen LogP contribution in [0.5, 0.6) is 5.75 Å². The largest absolute Gasteiger partial charge is 0.483 e. The van der Waals surface area contributed by atoms with Gasteiger partial charge in [-0.2, -0.15) is 0 Å². The second kappa shape index (κ2) is 9.91. The van der Waals surface area contributed by atoms with Gasteiger partial charge < -0.3 is 14.8 Å². The number of thiophene rings is 1. The zero-order valence-electron chi connectivity index (χ0n) is 17.0. The number of hydrogen-bond donors (Lipinski definition) is 1. The highest BCUT2D eigenvalue weighted by Gasteiger charge is 2.23. The van der Waals surface area contributed by atoms with Crippen LogP contribution in [0.4, 0.5) is 5.00 Å². The van der Waals surface area contributed by atoms with Crippen molar-refractivity contribution in [1.82, 2.24) is 0 Å². The van der Waals surface area contributed by atoms with E-state index in [0.29, 0.717) is 16.3 Å². The molecule has 3 aromatic rings. The first kappa shape index (κ1) is 22.1. The molecule has 0 fully saturated rings. The van der Waals surface area contributed by atoms with Crippen LogP contribution in [0.15, 0.2) is 52.3 Å². The summed E-state index contributed by atoms with van der Waals surface area (Å²) in [6.07, 6.45) is 0. The Balaban J connectivity index is 1.84. The van der Waals surface area contributed by atoms with Gasteiger partial charge in [-0.3, -0.25) is 4.79 Å². The zero-order valence-corrected chi connectivity index (χ0v) is 19.4. The molecule has 0 saturated carbocycles. The van der Waals surface area contributed by atoms with E-state index < -0.39 is 5.97 Å². The van der Waals surface area contributed by atoms with Gasteiger partial charge in [0.05, 0.1) is 11.1 Å². The molecule has 0 unspecified atom stereocenters. The summed E-state index contributed by atoms with van der Waals surface area (Å²) >= 11 is 4.68. The van der Waals surface area contributed by atoms with Gasteiger partial charge in [0, 0.05) is 10.9 Å². The van der Waals surface area contributed by atoms with Crippen molar-refractivity contribution in [2.45, 2.75) is 20.8 Å². The second-order valence-electron chi connectivity index (χ2n) is 6.64. The predicted molar refractivity (Wildman–Crippen MR) is 123 cm³/mol. The maximum absolute atomic E-state index is 12.7. The molecule has 0 aliphatic heterocycles. The number of amides is 1. The number of carbonyl (C=O) groups excluding carboxylic acids is 2. The van der Waals surface area contributed by atoms with Crippen molar-refractivity contribution in [3.63, 3.8) is 0 Å². The smallest absolute Gasteiger partial charge is 0.341 e. The molecule has 0 spiro atoms. The highest BCUT2D eigenvalue weighted by atomic mass is 79.9. The number of esters is 1. The van der Waals surface area contributed by atoms with Crippen molar-refractivity contribution in [2.24, 2.45) is 0 Å². The average molecular weight is 488 g/mol. The number of ether oxygens (including phenoxy) is 2. The van der Waals surface area contributed by atoms with Gasteiger partial charge in [0.2, 0.25) is 0 Å². The van der Waals surface area contributed by atoms with Gasteiger partial charge in [0.25, 0.3) is 5.91 Å². The van der Waals surface area contributed by atoms with Crippen molar-refractivity contribution < 1.29 is 19.1 Å². The Morgan fingerprint density at radius 2 is 1.87 bits per heavy atom. The van der Waals surface area contributed by atoms with Crippen molar-refractivity contribution in [3.05, 3.63) is 69.0 Å². The van der Waals surface area contributed by atoms with Crippen LogP contribution >= 0.6 is 27.3 Å². The Kier molecular flexibility index (Phi) is 7.29. The van der Waals surface area contributed by atoms with Gasteiger partial charge in [0.15, 0.2) is 6.61 Å². The van der Waals surface area contributed by atoms with E-state index in [0.717, 1.165) is 21.2 Å². The lowest BCUT2D eigenvalue weighted by atomic mass is 9.99. The van der Waals surface area contributed by atoms with E-state index in [-0.39, 0.29) is 19.1 Å². The summed E-state index contributed by atoms with van der Waals surface area (Å²) in [6.45, 7) is 5.89. The number of nitrogens with one attached hydrogen (secondary N) is 1. The maximum Gasteiger partial charge on any atom is 0.341 e. The van der Waals surface area contributed by atoms with E-state index in [2.05, 4.69) is 21.2 Å². The second-order valence-corrected chi connectivity index (χ2v) is 8.37. The Morgan fingerprint density at radius 1 is 1.10 bits per heavy atom. The Labute approximate surface area is 188 Å². The molecule has 0 aliphatic rings. The predicted octanol–water partition coefficient (Wildman–Crippen LogP) is 5.99. The molecule has 0 radical (unpaired) electrons. The third kappa shape index (κ3) is 5.09. The number of hydrogen-bond acceptors (Lipinski definition) is 5. The third-order valence-electron chi connectivity index (χ3n) is 4.54. The molecular formula is C23H22BrNO4S. The van der Waals surface area contributed by atoms with E-state index >= 15 is 0 Å². The molecule has 0 aliphatic carbocycles. The van der Waals surface area contributed by atoms with Gasteiger partial charge in [0.1, 0.15) is 16.3 Å². The summed E-state index contributed by atoms with van der Waals surface area (Å²) in [4.78, 5) is 25.2. The first-order valence-electron chi connectivity index (χ1n) is 9.44. The molecule has 2 aromatic carbocycles. The number of aryl methyl sites for hydroxylation is 2. The molecule has 7 heteroatoms. The summed E-state index contributed by atoms with van der Waals surface area (Å²) in [7, 11) is 0. The molecule has 1 aromatic heterocycles. The van der Waals surface area contributed by atoms with E-state index in [1.807, 2.05) is 55.6 Å². The van der Waals surface area contributed by atoms with Crippen LogP contribution in [0.25, 0.3) is 11.1 Å². The quantitative estimate of drug-likeness (QED) is 0.415. The highest BCUT2D eigenvalue weighted by molar-refractivity contribution is 9.10. The Bertz CT molecular complexity index is 1080. The van der Waals surface area contributed by atoms with Crippen molar-refractivity contribution in [1.29, 1.82) is 0 Å². The normalized spacial score (nSPS) is 10.5. The molecule has 1 heterocycles. The van der Waals surface area contributed by atoms with Gasteiger partial charge in [-0.1, -0.05) is 30.3 Å². The lowest BCUT2D eigenvalue weighted by Gasteiger charge is -2.11. The number of rotatable bonds is 7. The van der Waals surface area contributed by atoms with Crippen LogP contribution in [0, 0.1) is 13.8 Å². The van der Waals surface area contributed by atoms with Crippen LogP contribution in [0.2, 0.25) is 0 Å². The molecule has 3 rings (SSSR count). The number of benzene rings is 2. The molecule has 1 N–H and O–H groups in total. The maximum atomic E-state index is 12.7. The van der Waals surface area contributed by atoms with Crippen LogP contribution in [-0.2, 0) is 9.53 Å². The monoisotopic (exact) mass is 487 g/mol. The van der Waals surface area contributed by atoms with Crippen LogP contribution in [0.1, 0.15) is 28.4 Å². The minimum Gasteiger partial charge on any atom is -0.483 e. The topological polar surface area (TPSA) is 64.6 Å². The van der Waals surface area contributed by atoms with E-state index in [1.165, 1.54) is 16.9 Å². The summed E-state index contributed by atoms with van der Waals surface area (Å²) in [6, 6.07) is 13.3. The van der Waals surface area contributed by atoms with Gasteiger partial charge >= 0.3 is 5.97 Å². The Hall–Kier alpha value is -2.64. The first-order chi connectivity index (χ1) is 14.4. The fraction of sp³-hybridized carbons (Fsp3) is 0.217.